The maximum atomic E-state index is 13.1. The van der Waals surface area contributed by atoms with E-state index in [0.717, 1.165) is 17.0 Å². The molecule has 0 spiro atoms. The standard InChI is InChI=1S/C15H12F2N2O/c16-11-7-10(8-12(17)9-11)1-4-18-15-13-3-6-20-14(13)2-5-19-15/h2-3,5-9H,1,4H2,(H,18,19). The Morgan fingerprint density at radius 3 is 2.70 bits per heavy atom. The topological polar surface area (TPSA) is 38.1 Å². The number of rotatable bonds is 4. The molecule has 0 saturated carbocycles. The van der Waals surface area contributed by atoms with Gasteiger partial charge in [-0.05, 0) is 36.2 Å². The van der Waals surface area contributed by atoms with Crippen LogP contribution < -0.4 is 5.32 Å². The summed E-state index contributed by atoms with van der Waals surface area (Å²) < 4.78 is 31.4. The van der Waals surface area contributed by atoms with Gasteiger partial charge in [0, 0.05) is 18.8 Å². The van der Waals surface area contributed by atoms with Crippen LogP contribution in [0, 0.1) is 11.6 Å². The molecule has 1 N–H and O–H groups in total. The van der Waals surface area contributed by atoms with E-state index < -0.39 is 11.6 Å². The second-order valence-corrected chi connectivity index (χ2v) is 4.45. The Labute approximate surface area is 114 Å². The molecule has 0 bridgehead atoms. The molecular weight excluding hydrogens is 262 g/mol. The van der Waals surface area contributed by atoms with Gasteiger partial charge >= 0.3 is 0 Å². The molecule has 5 heteroatoms. The predicted molar refractivity (Wildman–Crippen MR) is 72.6 cm³/mol. The molecule has 0 saturated heterocycles. The van der Waals surface area contributed by atoms with Gasteiger partial charge < -0.3 is 9.73 Å². The summed E-state index contributed by atoms with van der Waals surface area (Å²) in [4.78, 5) is 4.23. The van der Waals surface area contributed by atoms with E-state index >= 15 is 0 Å². The summed E-state index contributed by atoms with van der Waals surface area (Å²) >= 11 is 0. The number of fused-ring (bicyclic) bond motifs is 1. The summed E-state index contributed by atoms with van der Waals surface area (Å²) in [6.07, 6.45) is 3.75. The summed E-state index contributed by atoms with van der Waals surface area (Å²) in [6, 6.07) is 7.13. The predicted octanol–water partition coefficient (Wildman–Crippen LogP) is 3.76. The Morgan fingerprint density at radius 2 is 1.90 bits per heavy atom. The first-order valence-electron chi connectivity index (χ1n) is 6.23. The van der Waals surface area contributed by atoms with Gasteiger partial charge in [0.2, 0.25) is 0 Å². The van der Waals surface area contributed by atoms with Crippen LogP contribution in [-0.2, 0) is 6.42 Å². The summed E-state index contributed by atoms with van der Waals surface area (Å²) in [6.45, 7) is 0.528. The van der Waals surface area contributed by atoms with Crippen molar-refractivity contribution in [1.29, 1.82) is 0 Å². The lowest BCUT2D eigenvalue weighted by molar-refractivity contribution is 0.580. The number of halogens is 2. The van der Waals surface area contributed by atoms with Gasteiger partial charge in [0.25, 0.3) is 0 Å². The van der Waals surface area contributed by atoms with E-state index in [1.165, 1.54) is 12.1 Å². The molecule has 102 valence electrons. The van der Waals surface area contributed by atoms with Crippen LogP contribution in [0.25, 0.3) is 11.0 Å². The van der Waals surface area contributed by atoms with E-state index in [2.05, 4.69) is 10.3 Å². The molecule has 0 aliphatic carbocycles. The first-order chi connectivity index (χ1) is 9.72. The van der Waals surface area contributed by atoms with Gasteiger partial charge in [-0.2, -0.15) is 0 Å². The van der Waals surface area contributed by atoms with Crippen LogP contribution in [0.15, 0.2) is 47.2 Å². The maximum absolute atomic E-state index is 13.1. The number of benzene rings is 1. The van der Waals surface area contributed by atoms with E-state index in [4.69, 9.17) is 4.42 Å². The van der Waals surface area contributed by atoms with E-state index in [-0.39, 0.29) is 0 Å². The van der Waals surface area contributed by atoms with Crippen molar-refractivity contribution in [2.24, 2.45) is 0 Å². The highest BCUT2D eigenvalue weighted by molar-refractivity contribution is 5.87. The summed E-state index contributed by atoms with van der Waals surface area (Å²) in [5, 5.41) is 4.03. The number of furan rings is 1. The quantitative estimate of drug-likeness (QED) is 0.787. The Hall–Kier alpha value is -2.43. The van der Waals surface area contributed by atoms with Crippen LogP contribution in [0.5, 0.6) is 0 Å². The second kappa shape index (κ2) is 5.28. The normalized spacial score (nSPS) is 10.9. The van der Waals surface area contributed by atoms with Crippen LogP contribution in [0.1, 0.15) is 5.56 Å². The largest absolute Gasteiger partial charge is 0.464 e. The Kier molecular flexibility index (Phi) is 3.33. The molecule has 0 fully saturated rings. The van der Waals surface area contributed by atoms with E-state index in [0.29, 0.717) is 24.3 Å². The minimum atomic E-state index is -0.560. The molecule has 3 aromatic rings. The number of anilines is 1. The molecule has 3 rings (SSSR count). The third-order valence-corrected chi connectivity index (χ3v) is 3.01. The summed E-state index contributed by atoms with van der Waals surface area (Å²) in [7, 11) is 0. The van der Waals surface area contributed by atoms with Crippen LogP contribution in [-0.4, -0.2) is 11.5 Å². The highest BCUT2D eigenvalue weighted by atomic mass is 19.1. The SMILES string of the molecule is Fc1cc(F)cc(CCNc2nccc3occc23)c1. The lowest BCUT2D eigenvalue weighted by Crippen LogP contribution is -2.06. The van der Waals surface area contributed by atoms with Crippen molar-refractivity contribution in [2.75, 3.05) is 11.9 Å². The Morgan fingerprint density at radius 1 is 1.10 bits per heavy atom. The third kappa shape index (κ3) is 2.61. The lowest BCUT2D eigenvalue weighted by atomic mass is 10.1. The average molecular weight is 274 g/mol. The van der Waals surface area contributed by atoms with Crippen molar-refractivity contribution in [3.05, 3.63) is 60.0 Å². The third-order valence-electron chi connectivity index (χ3n) is 3.01. The number of pyridine rings is 1. The zero-order valence-corrected chi connectivity index (χ0v) is 10.6. The number of hydrogen-bond acceptors (Lipinski definition) is 3. The van der Waals surface area contributed by atoms with Gasteiger partial charge in [-0.15, -0.1) is 0 Å². The van der Waals surface area contributed by atoms with E-state index in [1.54, 1.807) is 18.5 Å². The van der Waals surface area contributed by atoms with Crippen LogP contribution in [0.4, 0.5) is 14.6 Å². The first-order valence-corrected chi connectivity index (χ1v) is 6.23. The van der Waals surface area contributed by atoms with E-state index in [9.17, 15) is 8.78 Å². The van der Waals surface area contributed by atoms with Gasteiger partial charge in [-0.25, -0.2) is 13.8 Å². The van der Waals surface area contributed by atoms with Crippen molar-refractivity contribution in [3.8, 4) is 0 Å². The highest BCUT2D eigenvalue weighted by Crippen LogP contribution is 2.21. The molecular formula is C15H12F2N2O. The van der Waals surface area contributed by atoms with Crippen molar-refractivity contribution in [1.82, 2.24) is 4.98 Å². The lowest BCUT2D eigenvalue weighted by Gasteiger charge is -2.06. The molecule has 2 aromatic heterocycles. The Bertz CT molecular complexity index is 719. The number of nitrogens with one attached hydrogen (secondary N) is 1. The molecule has 0 amide bonds. The van der Waals surface area contributed by atoms with Gasteiger partial charge in [0.1, 0.15) is 23.0 Å². The fourth-order valence-corrected chi connectivity index (χ4v) is 2.12. The minimum absolute atomic E-state index is 0.505. The summed E-state index contributed by atoms with van der Waals surface area (Å²) in [5.41, 5.74) is 1.36. The number of aromatic nitrogens is 1. The molecule has 0 aliphatic rings. The maximum Gasteiger partial charge on any atom is 0.139 e. The average Bonchev–Trinajstić information content (AvgIpc) is 2.86. The second-order valence-electron chi connectivity index (χ2n) is 4.45. The molecule has 0 atom stereocenters. The zero-order valence-electron chi connectivity index (χ0n) is 10.6. The fraction of sp³-hybridized carbons (Fsp3) is 0.133. The molecule has 0 unspecified atom stereocenters. The van der Waals surface area contributed by atoms with Gasteiger partial charge in [0.05, 0.1) is 11.6 Å². The molecule has 3 nitrogen and oxygen atoms in total. The van der Waals surface area contributed by atoms with Crippen LogP contribution >= 0.6 is 0 Å². The zero-order chi connectivity index (χ0) is 13.9. The van der Waals surface area contributed by atoms with Gasteiger partial charge in [0.15, 0.2) is 0 Å². The molecule has 1 aromatic carbocycles. The van der Waals surface area contributed by atoms with Crippen LogP contribution in [0.3, 0.4) is 0 Å². The smallest absolute Gasteiger partial charge is 0.139 e. The van der Waals surface area contributed by atoms with E-state index in [1.807, 2.05) is 6.07 Å². The molecule has 0 aliphatic heterocycles. The van der Waals surface area contributed by atoms with Crippen LogP contribution in [0.2, 0.25) is 0 Å². The van der Waals surface area contributed by atoms with Crippen molar-refractivity contribution >= 4 is 16.8 Å². The van der Waals surface area contributed by atoms with Crippen molar-refractivity contribution < 1.29 is 13.2 Å². The molecule has 0 radical (unpaired) electrons. The number of nitrogens with zero attached hydrogens (tertiary/aromatic N) is 1. The fourth-order valence-electron chi connectivity index (χ4n) is 2.12. The summed E-state index contributed by atoms with van der Waals surface area (Å²) in [5.74, 6) is -0.418. The first kappa shape index (κ1) is 12.6. The van der Waals surface area contributed by atoms with Gasteiger partial charge in [-0.1, -0.05) is 0 Å². The van der Waals surface area contributed by atoms with Crippen molar-refractivity contribution in [2.45, 2.75) is 6.42 Å². The molecule has 2 heterocycles. The molecule has 20 heavy (non-hydrogen) atoms. The van der Waals surface area contributed by atoms with Gasteiger partial charge in [-0.3, -0.25) is 0 Å². The number of hydrogen-bond donors (Lipinski definition) is 1. The Balaban J connectivity index is 1.69. The monoisotopic (exact) mass is 274 g/mol. The highest BCUT2D eigenvalue weighted by Gasteiger charge is 2.05. The van der Waals surface area contributed by atoms with Crippen molar-refractivity contribution in [3.63, 3.8) is 0 Å². The minimum Gasteiger partial charge on any atom is -0.464 e.